The van der Waals surface area contributed by atoms with Crippen LogP contribution >= 0.6 is 0 Å². The number of hydrogen-bond acceptors (Lipinski definition) is 3. The second-order valence-electron chi connectivity index (χ2n) is 5.01. The number of rotatable bonds is 6. The number of benzene rings is 1. The maximum Gasteiger partial charge on any atom is 0.130 e. The van der Waals surface area contributed by atoms with Crippen molar-refractivity contribution in [2.24, 2.45) is 0 Å². The quantitative estimate of drug-likeness (QED) is 0.873. The zero-order chi connectivity index (χ0) is 14.4. The maximum absolute atomic E-state index is 5.83. The van der Waals surface area contributed by atoms with E-state index in [0.29, 0.717) is 6.61 Å². The van der Waals surface area contributed by atoms with Crippen molar-refractivity contribution in [2.45, 2.75) is 33.9 Å². The van der Waals surface area contributed by atoms with Gasteiger partial charge < -0.3 is 10.1 Å². The number of nitrogens with one attached hydrogen (secondary N) is 1. The molecule has 20 heavy (non-hydrogen) atoms. The van der Waals surface area contributed by atoms with Gasteiger partial charge >= 0.3 is 0 Å². The van der Waals surface area contributed by atoms with E-state index in [9.17, 15) is 0 Å². The summed E-state index contributed by atoms with van der Waals surface area (Å²) in [6.07, 6.45) is 0. The average Bonchev–Trinajstić information content (AvgIpc) is 2.42. The van der Waals surface area contributed by atoms with Crippen molar-refractivity contribution >= 4 is 0 Å². The molecule has 0 unspecified atom stereocenters. The van der Waals surface area contributed by atoms with E-state index in [4.69, 9.17) is 4.74 Å². The molecule has 0 saturated heterocycles. The molecule has 0 fully saturated rings. The molecule has 0 amide bonds. The molecule has 3 nitrogen and oxygen atoms in total. The molecular formula is C17H22N2O. The Hall–Kier alpha value is -1.87. The zero-order valence-electron chi connectivity index (χ0n) is 12.4. The second-order valence-corrected chi connectivity index (χ2v) is 5.01. The third-order valence-electron chi connectivity index (χ3n) is 3.00. The summed E-state index contributed by atoms with van der Waals surface area (Å²) in [6, 6.07) is 12.3. The van der Waals surface area contributed by atoms with E-state index < -0.39 is 0 Å². The van der Waals surface area contributed by atoms with Gasteiger partial charge in [0.25, 0.3) is 0 Å². The van der Waals surface area contributed by atoms with Gasteiger partial charge in [-0.1, -0.05) is 19.1 Å². The van der Waals surface area contributed by atoms with Crippen molar-refractivity contribution in [2.75, 3.05) is 6.54 Å². The smallest absolute Gasteiger partial charge is 0.130 e. The largest absolute Gasteiger partial charge is 0.487 e. The Kier molecular flexibility index (Phi) is 5.13. The molecule has 3 heteroatoms. The predicted octanol–water partition coefficient (Wildman–Crippen LogP) is 3.39. The van der Waals surface area contributed by atoms with Gasteiger partial charge in [-0.05, 0) is 55.8 Å². The van der Waals surface area contributed by atoms with Crippen LogP contribution in [0.2, 0.25) is 0 Å². The van der Waals surface area contributed by atoms with Gasteiger partial charge in [0.05, 0.1) is 11.4 Å². The molecule has 0 atom stereocenters. The minimum atomic E-state index is 0.503. The number of pyridine rings is 1. The lowest BCUT2D eigenvalue weighted by atomic mass is 10.1. The number of aromatic nitrogens is 1. The van der Waals surface area contributed by atoms with Gasteiger partial charge in [0, 0.05) is 6.54 Å². The molecule has 1 heterocycles. The van der Waals surface area contributed by atoms with E-state index in [1.165, 1.54) is 11.1 Å². The molecule has 0 bridgehead atoms. The molecule has 0 saturated carbocycles. The highest BCUT2D eigenvalue weighted by Crippen LogP contribution is 2.17. The maximum atomic E-state index is 5.83. The minimum absolute atomic E-state index is 0.503. The minimum Gasteiger partial charge on any atom is -0.487 e. The van der Waals surface area contributed by atoms with Crippen LogP contribution in [0.4, 0.5) is 0 Å². The standard InChI is InChI=1S/C17H22N2O/c1-4-18-11-15-6-5-7-16(19-15)12-20-17-9-13(2)8-14(3)10-17/h5-10,18H,4,11-12H2,1-3H3. The van der Waals surface area contributed by atoms with Crippen molar-refractivity contribution in [3.05, 3.63) is 58.9 Å². The highest BCUT2D eigenvalue weighted by Gasteiger charge is 2.01. The molecule has 0 radical (unpaired) electrons. The Morgan fingerprint density at radius 3 is 2.45 bits per heavy atom. The van der Waals surface area contributed by atoms with E-state index in [-0.39, 0.29) is 0 Å². The first-order valence-electron chi connectivity index (χ1n) is 7.04. The van der Waals surface area contributed by atoms with Crippen molar-refractivity contribution in [3.8, 4) is 5.75 Å². The van der Waals surface area contributed by atoms with Crippen LogP contribution in [0, 0.1) is 13.8 Å². The Labute approximate surface area is 121 Å². The van der Waals surface area contributed by atoms with Crippen molar-refractivity contribution in [1.29, 1.82) is 0 Å². The van der Waals surface area contributed by atoms with E-state index in [1.807, 2.05) is 18.2 Å². The van der Waals surface area contributed by atoms with Crippen LogP contribution in [0.5, 0.6) is 5.75 Å². The van der Waals surface area contributed by atoms with Gasteiger partial charge in [-0.2, -0.15) is 0 Å². The molecule has 2 aromatic rings. The molecule has 2 rings (SSSR count). The van der Waals surface area contributed by atoms with Gasteiger partial charge in [0.1, 0.15) is 12.4 Å². The summed E-state index contributed by atoms with van der Waals surface area (Å²) in [5.74, 6) is 0.904. The number of nitrogens with zero attached hydrogens (tertiary/aromatic N) is 1. The zero-order valence-corrected chi connectivity index (χ0v) is 12.4. The van der Waals surface area contributed by atoms with Crippen LogP contribution in [0.1, 0.15) is 29.4 Å². The first kappa shape index (κ1) is 14.5. The fraction of sp³-hybridized carbons (Fsp3) is 0.353. The molecule has 0 aliphatic heterocycles. The highest BCUT2D eigenvalue weighted by molar-refractivity contribution is 5.33. The van der Waals surface area contributed by atoms with Crippen LogP contribution < -0.4 is 10.1 Å². The molecular weight excluding hydrogens is 248 g/mol. The number of ether oxygens (including phenoxy) is 1. The second kappa shape index (κ2) is 7.06. The summed E-state index contributed by atoms with van der Waals surface area (Å²) in [4.78, 5) is 4.58. The summed E-state index contributed by atoms with van der Waals surface area (Å²) in [5.41, 5.74) is 4.44. The van der Waals surface area contributed by atoms with Crippen LogP contribution in [0.25, 0.3) is 0 Å². The van der Waals surface area contributed by atoms with E-state index in [0.717, 1.165) is 30.2 Å². The van der Waals surface area contributed by atoms with Crippen LogP contribution in [-0.4, -0.2) is 11.5 Å². The fourth-order valence-electron chi connectivity index (χ4n) is 2.13. The lowest BCUT2D eigenvalue weighted by Crippen LogP contribution is -2.13. The highest BCUT2D eigenvalue weighted by atomic mass is 16.5. The Morgan fingerprint density at radius 2 is 1.75 bits per heavy atom. The third kappa shape index (κ3) is 4.35. The monoisotopic (exact) mass is 270 g/mol. The topological polar surface area (TPSA) is 34.1 Å². The van der Waals surface area contributed by atoms with Gasteiger partial charge in [-0.15, -0.1) is 0 Å². The van der Waals surface area contributed by atoms with Gasteiger partial charge in [0.15, 0.2) is 0 Å². The van der Waals surface area contributed by atoms with E-state index in [2.05, 4.69) is 49.3 Å². The Morgan fingerprint density at radius 1 is 1.05 bits per heavy atom. The SMILES string of the molecule is CCNCc1cccc(COc2cc(C)cc(C)c2)n1. The summed E-state index contributed by atoms with van der Waals surface area (Å²) in [6.45, 7) is 8.50. The molecule has 0 aliphatic carbocycles. The van der Waals surface area contributed by atoms with Gasteiger partial charge in [-0.3, -0.25) is 4.98 Å². The lowest BCUT2D eigenvalue weighted by molar-refractivity contribution is 0.300. The van der Waals surface area contributed by atoms with Gasteiger partial charge in [-0.25, -0.2) is 0 Å². The fourth-order valence-corrected chi connectivity index (χ4v) is 2.13. The predicted molar refractivity (Wildman–Crippen MR) is 81.9 cm³/mol. The first-order valence-corrected chi connectivity index (χ1v) is 7.04. The molecule has 0 aliphatic rings. The lowest BCUT2D eigenvalue weighted by Gasteiger charge is -2.09. The van der Waals surface area contributed by atoms with Crippen molar-refractivity contribution in [1.82, 2.24) is 10.3 Å². The molecule has 1 N–H and O–H groups in total. The normalized spacial score (nSPS) is 10.6. The van der Waals surface area contributed by atoms with Crippen LogP contribution in [-0.2, 0) is 13.2 Å². The summed E-state index contributed by atoms with van der Waals surface area (Å²) in [5, 5.41) is 3.28. The summed E-state index contributed by atoms with van der Waals surface area (Å²) < 4.78 is 5.83. The van der Waals surface area contributed by atoms with E-state index >= 15 is 0 Å². The van der Waals surface area contributed by atoms with Crippen LogP contribution in [0.3, 0.4) is 0 Å². The number of hydrogen-bond donors (Lipinski definition) is 1. The molecule has 1 aromatic heterocycles. The Bertz CT molecular complexity index is 546. The first-order chi connectivity index (χ1) is 9.67. The summed E-state index contributed by atoms with van der Waals surface area (Å²) >= 11 is 0. The third-order valence-corrected chi connectivity index (χ3v) is 3.00. The number of aryl methyl sites for hydroxylation is 2. The Balaban J connectivity index is 1.99. The molecule has 0 spiro atoms. The van der Waals surface area contributed by atoms with E-state index in [1.54, 1.807) is 0 Å². The average molecular weight is 270 g/mol. The molecule has 1 aromatic carbocycles. The van der Waals surface area contributed by atoms with Gasteiger partial charge in [0.2, 0.25) is 0 Å². The molecule has 106 valence electrons. The summed E-state index contributed by atoms with van der Waals surface area (Å²) in [7, 11) is 0. The van der Waals surface area contributed by atoms with Crippen LogP contribution in [0.15, 0.2) is 36.4 Å². The van der Waals surface area contributed by atoms with Crippen molar-refractivity contribution < 1.29 is 4.74 Å². The van der Waals surface area contributed by atoms with Crippen molar-refractivity contribution in [3.63, 3.8) is 0 Å².